The highest BCUT2D eigenvalue weighted by atomic mass is 19.1. The molecule has 1 spiro atoms. The molecule has 4 aromatic rings. The van der Waals surface area contributed by atoms with E-state index in [-0.39, 0.29) is 17.6 Å². The van der Waals surface area contributed by atoms with Crippen LogP contribution in [0.3, 0.4) is 0 Å². The van der Waals surface area contributed by atoms with Gasteiger partial charge in [-0.25, -0.2) is 14.4 Å². The number of rotatable bonds is 4. The molecule has 3 N–H and O–H groups in total. The van der Waals surface area contributed by atoms with E-state index in [0.29, 0.717) is 40.9 Å². The van der Waals surface area contributed by atoms with E-state index >= 15 is 0 Å². The van der Waals surface area contributed by atoms with Crippen LogP contribution >= 0.6 is 0 Å². The number of aromatic nitrogens is 4. The summed E-state index contributed by atoms with van der Waals surface area (Å²) in [5, 5.41) is 14.3. The standard InChI is InChI=1S/C23H19FN6O2/c1-11-25-10-18(32-2)21(26-11)28-20-13-7-6-12(8-17(13)29-30-20)14-9-23(14)19-15(24)4-3-5-16(19)27-22(23)31/h3-8,10,14H,9H2,1-2H3,(H,27,31)(H2,25,26,28,29,30)/t14-,23+/m0/s1. The van der Waals surface area contributed by atoms with Crippen LogP contribution in [0.4, 0.5) is 21.7 Å². The lowest BCUT2D eigenvalue weighted by atomic mass is 9.91. The Morgan fingerprint density at radius 1 is 1.25 bits per heavy atom. The van der Waals surface area contributed by atoms with Crippen molar-refractivity contribution in [1.82, 2.24) is 20.2 Å². The first-order valence-corrected chi connectivity index (χ1v) is 10.2. The zero-order valence-corrected chi connectivity index (χ0v) is 17.4. The average Bonchev–Trinajstić information content (AvgIpc) is 3.30. The number of H-pyrrole nitrogens is 1. The lowest BCUT2D eigenvalue weighted by Gasteiger charge is -2.10. The summed E-state index contributed by atoms with van der Waals surface area (Å²) < 4.78 is 19.9. The minimum Gasteiger partial charge on any atom is -0.491 e. The summed E-state index contributed by atoms with van der Waals surface area (Å²) in [7, 11) is 1.56. The molecule has 1 aliphatic carbocycles. The Balaban J connectivity index is 1.34. The number of fused-ring (bicyclic) bond motifs is 3. The Bertz CT molecular complexity index is 1420. The van der Waals surface area contributed by atoms with Crippen molar-refractivity contribution in [2.75, 3.05) is 17.7 Å². The summed E-state index contributed by atoms with van der Waals surface area (Å²) in [6.07, 6.45) is 2.18. The van der Waals surface area contributed by atoms with Gasteiger partial charge in [-0.05, 0) is 43.2 Å². The number of hydrogen-bond donors (Lipinski definition) is 3. The van der Waals surface area contributed by atoms with Crippen molar-refractivity contribution in [3.05, 3.63) is 65.4 Å². The molecule has 2 atom stereocenters. The third-order valence-electron chi connectivity index (χ3n) is 6.40. The Labute approximate surface area is 182 Å². The molecule has 160 valence electrons. The van der Waals surface area contributed by atoms with Gasteiger partial charge in [-0.15, -0.1) is 0 Å². The van der Waals surface area contributed by atoms with E-state index < -0.39 is 5.41 Å². The maximum absolute atomic E-state index is 14.6. The largest absolute Gasteiger partial charge is 0.491 e. The maximum atomic E-state index is 14.6. The zero-order chi connectivity index (χ0) is 22.0. The number of halogens is 1. The maximum Gasteiger partial charge on any atom is 0.235 e. The molecular weight excluding hydrogens is 411 g/mol. The predicted molar refractivity (Wildman–Crippen MR) is 117 cm³/mol. The number of hydrogen-bond acceptors (Lipinski definition) is 6. The topological polar surface area (TPSA) is 105 Å². The van der Waals surface area contributed by atoms with Crippen molar-refractivity contribution in [3.8, 4) is 5.75 Å². The van der Waals surface area contributed by atoms with Crippen LogP contribution < -0.4 is 15.4 Å². The quantitative estimate of drug-likeness (QED) is 0.453. The number of aromatic amines is 1. The van der Waals surface area contributed by atoms with Crippen LogP contribution in [0.5, 0.6) is 5.75 Å². The molecule has 2 aliphatic rings. The summed E-state index contributed by atoms with van der Waals surface area (Å²) in [5.41, 5.74) is 1.99. The van der Waals surface area contributed by atoms with Gasteiger partial charge in [-0.3, -0.25) is 9.89 Å². The first-order chi connectivity index (χ1) is 15.5. The molecule has 9 heteroatoms. The van der Waals surface area contributed by atoms with Gasteiger partial charge >= 0.3 is 0 Å². The second kappa shape index (κ2) is 6.49. The Morgan fingerprint density at radius 2 is 2.12 bits per heavy atom. The van der Waals surface area contributed by atoms with Crippen LogP contribution in [0.15, 0.2) is 42.6 Å². The van der Waals surface area contributed by atoms with Crippen LogP contribution in [0.25, 0.3) is 10.9 Å². The van der Waals surface area contributed by atoms with E-state index in [1.165, 1.54) is 6.07 Å². The molecule has 0 saturated heterocycles. The number of amides is 1. The van der Waals surface area contributed by atoms with Crippen LogP contribution in [0, 0.1) is 12.7 Å². The van der Waals surface area contributed by atoms with Crippen molar-refractivity contribution >= 4 is 34.1 Å². The number of carbonyl (C=O) groups excluding carboxylic acids is 1. The summed E-state index contributed by atoms with van der Waals surface area (Å²) >= 11 is 0. The van der Waals surface area contributed by atoms with E-state index in [9.17, 15) is 9.18 Å². The lowest BCUT2D eigenvalue weighted by Crippen LogP contribution is -2.21. The highest BCUT2D eigenvalue weighted by Gasteiger charge is 2.66. The molecule has 6 rings (SSSR count). The molecule has 1 aliphatic heterocycles. The monoisotopic (exact) mass is 430 g/mol. The van der Waals surface area contributed by atoms with E-state index in [2.05, 4.69) is 30.8 Å². The number of nitrogens with zero attached hydrogens (tertiary/aromatic N) is 3. The minimum absolute atomic E-state index is 0.0885. The van der Waals surface area contributed by atoms with Crippen molar-refractivity contribution in [1.29, 1.82) is 0 Å². The third-order valence-corrected chi connectivity index (χ3v) is 6.40. The lowest BCUT2D eigenvalue weighted by molar-refractivity contribution is -0.118. The van der Waals surface area contributed by atoms with Crippen LogP contribution in [0.2, 0.25) is 0 Å². The summed E-state index contributed by atoms with van der Waals surface area (Å²) in [6, 6.07) is 10.7. The fraction of sp³-hybridized carbons (Fsp3) is 0.217. The average molecular weight is 430 g/mol. The Hall–Kier alpha value is -4.01. The fourth-order valence-electron chi connectivity index (χ4n) is 4.78. The van der Waals surface area contributed by atoms with Gasteiger partial charge < -0.3 is 15.4 Å². The fourth-order valence-corrected chi connectivity index (χ4v) is 4.78. The molecule has 0 bridgehead atoms. The van der Waals surface area contributed by atoms with Gasteiger partial charge in [0.05, 0.1) is 24.2 Å². The summed E-state index contributed by atoms with van der Waals surface area (Å²) in [5.74, 6) is 1.67. The highest BCUT2D eigenvalue weighted by Crippen LogP contribution is 2.65. The molecule has 1 saturated carbocycles. The van der Waals surface area contributed by atoms with Crippen molar-refractivity contribution in [3.63, 3.8) is 0 Å². The van der Waals surface area contributed by atoms with Gasteiger partial charge in [0, 0.05) is 22.6 Å². The first kappa shape index (κ1) is 18.7. The number of nitrogens with one attached hydrogen (secondary N) is 3. The third kappa shape index (κ3) is 2.54. The molecule has 1 amide bonds. The van der Waals surface area contributed by atoms with E-state index in [1.54, 1.807) is 32.4 Å². The number of aryl methyl sites for hydroxylation is 1. The molecule has 2 aromatic heterocycles. The van der Waals surface area contributed by atoms with Crippen LogP contribution in [-0.4, -0.2) is 33.2 Å². The van der Waals surface area contributed by atoms with E-state index in [1.807, 2.05) is 18.2 Å². The molecule has 32 heavy (non-hydrogen) atoms. The SMILES string of the molecule is COc1cnc(C)nc1Nc1n[nH]c2cc([C@@H]3C[C@@]34C(=O)Nc3cccc(F)c34)ccc12. The Morgan fingerprint density at radius 3 is 2.97 bits per heavy atom. The second-order valence-corrected chi connectivity index (χ2v) is 8.18. The molecule has 8 nitrogen and oxygen atoms in total. The second-order valence-electron chi connectivity index (χ2n) is 8.18. The van der Waals surface area contributed by atoms with Gasteiger partial charge in [0.1, 0.15) is 11.6 Å². The molecule has 3 heterocycles. The van der Waals surface area contributed by atoms with Crippen molar-refractivity contribution in [2.45, 2.75) is 24.7 Å². The van der Waals surface area contributed by atoms with E-state index in [0.717, 1.165) is 16.5 Å². The van der Waals surface area contributed by atoms with Crippen molar-refractivity contribution < 1.29 is 13.9 Å². The predicted octanol–water partition coefficient (Wildman–Crippen LogP) is 3.93. The number of anilines is 3. The molecule has 0 radical (unpaired) electrons. The number of benzene rings is 2. The molecule has 0 unspecified atom stereocenters. The zero-order valence-electron chi connectivity index (χ0n) is 17.4. The molecular formula is C23H19FN6O2. The number of methoxy groups -OCH3 is 1. The van der Waals surface area contributed by atoms with Gasteiger partial charge in [0.15, 0.2) is 17.4 Å². The first-order valence-electron chi connectivity index (χ1n) is 10.2. The van der Waals surface area contributed by atoms with Crippen LogP contribution in [0.1, 0.15) is 29.3 Å². The molecule has 2 aromatic carbocycles. The number of carbonyl (C=O) groups is 1. The minimum atomic E-state index is -0.832. The van der Waals surface area contributed by atoms with Gasteiger partial charge in [-0.2, -0.15) is 5.10 Å². The molecule has 1 fully saturated rings. The van der Waals surface area contributed by atoms with Gasteiger partial charge in [0.25, 0.3) is 0 Å². The van der Waals surface area contributed by atoms with Crippen molar-refractivity contribution in [2.24, 2.45) is 0 Å². The smallest absolute Gasteiger partial charge is 0.235 e. The summed E-state index contributed by atoms with van der Waals surface area (Å²) in [6.45, 7) is 1.80. The Kier molecular flexibility index (Phi) is 3.80. The van der Waals surface area contributed by atoms with E-state index in [4.69, 9.17) is 4.74 Å². The van der Waals surface area contributed by atoms with Gasteiger partial charge in [-0.1, -0.05) is 12.1 Å². The highest BCUT2D eigenvalue weighted by molar-refractivity contribution is 6.10. The summed E-state index contributed by atoms with van der Waals surface area (Å²) in [4.78, 5) is 21.3. The van der Waals surface area contributed by atoms with Gasteiger partial charge in [0.2, 0.25) is 5.91 Å². The normalized spacial score (nSPS) is 21.0. The van der Waals surface area contributed by atoms with Crippen LogP contribution in [-0.2, 0) is 10.2 Å². The number of ether oxygens (including phenoxy) is 1.